The smallest absolute Gasteiger partial charge is 0.410 e. The predicted molar refractivity (Wildman–Crippen MR) is 143 cm³/mol. The fourth-order valence-electron chi connectivity index (χ4n) is 5.22. The number of hydrogen-bond acceptors (Lipinski definition) is 9. The lowest BCUT2D eigenvalue weighted by Gasteiger charge is -2.28. The summed E-state index contributed by atoms with van der Waals surface area (Å²) in [5.41, 5.74) is 0.620. The molecule has 3 aromatic rings. The van der Waals surface area contributed by atoms with Crippen molar-refractivity contribution in [1.29, 1.82) is 0 Å². The van der Waals surface area contributed by atoms with Crippen LogP contribution in [0.4, 0.5) is 4.79 Å². The molecule has 208 valence electrons. The molecule has 13 heteroatoms. The van der Waals surface area contributed by atoms with Gasteiger partial charge in [0.25, 0.3) is 15.1 Å². The third-order valence-corrected chi connectivity index (χ3v) is 8.77. The van der Waals surface area contributed by atoms with E-state index >= 15 is 0 Å². The number of carbonyl (C=O) groups excluding carboxylic acids is 4. The van der Waals surface area contributed by atoms with Gasteiger partial charge < -0.3 is 15.0 Å². The van der Waals surface area contributed by atoms with Gasteiger partial charge in [-0.15, -0.1) is 0 Å². The van der Waals surface area contributed by atoms with E-state index in [9.17, 15) is 27.6 Å². The highest BCUT2D eigenvalue weighted by Gasteiger charge is 2.55. The van der Waals surface area contributed by atoms with E-state index in [0.29, 0.717) is 6.42 Å². The molecule has 0 saturated carbocycles. The van der Waals surface area contributed by atoms with Gasteiger partial charge in [0.1, 0.15) is 17.8 Å². The molecule has 3 unspecified atom stereocenters. The van der Waals surface area contributed by atoms with Crippen molar-refractivity contribution in [2.75, 3.05) is 13.1 Å². The lowest BCUT2D eigenvalue weighted by atomic mass is 10.1. The third kappa shape index (κ3) is 5.17. The standard InChI is InChI=1S/C27H27N5O7S/c1-2-5-21(30-27(36)39-19-8-9-20-17(14-19)6-4-12-29-20)25(34)31-13-10-22-24(31)23(33)16-32(22)40(37,38)26(35)18-7-3-11-28-15-18/h3-4,6-9,11-12,14-15,21-22,24H,2,5,10,13,16H2,1H3,(H,30,36). The number of fused-ring (bicyclic) bond motifs is 2. The molecule has 4 heterocycles. The lowest BCUT2D eigenvalue weighted by Crippen LogP contribution is -2.53. The Bertz CT molecular complexity index is 1580. The molecule has 12 nitrogen and oxygen atoms in total. The van der Waals surface area contributed by atoms with E-state index < -0.39 is 57.6 Å². The highest BCUT2D eigenvalue weighted by molar-refractivity contribution is 8.04. The van der Waals surface area contributed by atoms with Crippen LogP contribution in [0.15, 0.2) is 61.1 Å². The van der Waals surface area contributed by atoms with Crippen molar-refractivity contribution < 1.29 is 32.3 Å². The van der Waals surface area contributed by atoms with Gasteiger partial charge in [0.2, 0.25) is 5.91 Å². The number of Topliss-reactive ketones (excluding diaryl/α,β-unsaturated/α-hetero) is 1. The van der Waals surface area contributed by atoms with Crippen LogP contribution in [0.5, 0.6) is 5.75 Å². The Morgan fingerprint density at radius 1 is 1.15 bits per heavy atom. The molecule has 5 rings (SSSR count). The molecule has 0 bridgehead atoms. The topological polar surface area (TPSA) is 156 Å². The number of ketones is 1. The first-order chi connectivity index (χ1) is 19.2. The number of ether oxygens (including phenoxy) is 1. The van der Waals surface area contributed by atoms with Crippen LogP contribution in [0.3, 0.4) is 0 Å². The molecule has 3 atom stereocenters. The summed E-state index contributed by atoms with van der Waals surface area (Å²) in [5, 5.41) is 2.22. The monoisotopic (exact) mass is 565 g/mol. The maximum absolute atomic E-state index is 13.6. The minimum atomic E-state index is -4.53. The highest BCUT2D eigenvalue weighted by Crippen LogP contribution is 2.33. The second-order valence-corrected chi connectivity index (χ2v) is 11.4. The number of sulfonamides is 1. The Labute approximate surface area is 230 Å². The van der Waals surface area contributed by atoms with Crippen LogP contribution >= 0.6 is 0 Å². The van der Waals surface area contributed by atoms with Crippen LogP contribution in [-0.4, -0.2) is 81.7 Å². The maximum Gasteiger partial charge on any atom is 0.413 e. The van der Waals surface area contributed by atoms with Crippen molar-refractivity contribution in [3.63, 3.8) is 0 Å². The fourth-order valence-corrected chi connectivity index (χ4v) is 6.73. The number of amides is 2. The average Bonchev–Trinajstić information content (AvgIpc) is 3.54. The first-order valence-electron chi connectivity index (χ1n) is 12.8. The molecule has 2 amide bonds. The number of rotatable bonds is 7. The number of nitrogens with one attached hydrogen (secondary N) is 1. The van der Waals surface area contributed by atoms with Crippen molar-refractivity contribution in [2.45, 2.75) is 44.3 Å². The van der Waals surface area contributed by atoms with Crippen LogP contribution in [0.25, 0.3) is 10.9 Å². The van der Waals surface area contributed by atoms with Gasteiger partial charge in [0.05, 0.1) is 23.7 Å². The van der Waals surface area contributed by atoms with Gasteiger partial charge in [-0.3, -0.25) is 24.4 Å². The molecule has 0 spiro atoms. The van der Waals surface area contributed by atoms with Crippen LogP contribution in [-0.2, 0) is 19.6 Å². The second kappa shape index (κ2) is 11.1. The van der Waals surface area contributed by atoms with Gasteiger partial charge in [-0.25, -0.2) is 13.2 Å². The molecule has 2 saturated heterocycles. The van der Waals surface area contributed by atoms with E-state index in [0.717, 1.165) is 21.4 Å². The minimum absolute atomic E-state index is 0.0988. The van der Waals surface area contributed by atoms with Gasteiger partial charge in [-0.2, -0.15) is 4.31 Å². The summed E-state index contributed by atoms with van der Waals surface area (Å²) in [4.78, 5) is 61.4. The average molecular weight is 566 g/mol. The zero-order chi connectivity index (χ0) is 28.4. The summed E-state index contributed by atoms with van der Waals surface area (Å²) in [6, 6.07) is 8.41. The van der Waals surface area contributed by atoms with Crippen LogP contribution in [0.2, 0.25) is 0 Å². The molecule has 0 aliphatic carbocycles. The van der Waals surface area contributed by atoms with Crippen LogP contribution in [0, 0.1) is 0 Å². The number of benzene rings is 1. The normalized spacial score (nSPS) is 19.8. The van der Waals surface area contributed by atoms with E-state index in [1.807, 2.05) is 13.0 Å². The molecule has 1 aromatic carbocycles. The first-order valence-corrected chi connectivity index (χ1v) is 14.3. The van der Waals surface area contributed by atoms with Gasteiger partial charge in [-0.1, -0.05) is 19.4 Å². The Kier molecular flexibility index (Phi) is 7.59. The number of likely N-dealkylation sites (tertiary alicyclic amines) is 1. The van der Waals surface area contributed by atoms with Crippen LogP contribution in [0.1, 0.15) is 36.5 Å². The van der Waals surface area contributed by atoms with Crippen molar-refractivity contribution in [2.24, 2.45) is 0 Å². The zero-order valence-electron chi connectivity index (χ0n) is 21.6. The molecule has 1 N–H and O–H groups in total. The fraction of sp³-hybridized carbons (Fsp3) is 0.333. The number of aromatic nitrogens is 2. The van der Waals surface area contributed by atoms with Crippen molar-refractivity contribution in [1.82, 2.24) is 24.5 Å². The molecule has 2 fully saturated rings. The van der Waals surface area contributed by atoms with E-state index in [-0.39, 0.29) is 30.7 Å². The summed E-state index contributed by atoms with van der Waals surface area (Å²) >= 11 is 0. The van der Waals surface area contributed by atoms with Crippen molar-refractivity contribution in [3.8, 4) is 5.75 Å². The van der Waals surface area contributed by atoms with Gasteiger partial charge in [0.15, 0.2) is 5.78 Å². The molecule has 2 aromatic heterocycles. The summed E-state index contributed by atoms with van der Waals surface area (Å²) in [5.74, 6) is -0.728. The molecule has 40 heavy (non-hydrogen) atoms. The number of carbonyl (C=O) groups is 4. The first kappa shape index (κ1) is 27.3. The largest absolute Gasteiger partial charge is 0.413 e. The Balaban J connectivity index is 1.29. The number of pyridine rings is 2. The second-order valence-electron chi connectivity index (χ2n) is 9.61. The molecular weight excluding hydrogens is 538 g/mol. The molecular formula is C27H27N5O7S. The molecule has 0 radical (unpaired) electrons. The van der Waals surface area contributed by atoms with E-state index in [2.05, 4.69) is 15.3 Å². The quantitative estimate of drug-likeness (QED) is 0.452. The van der Waals surface area contributed by atoms with Crippen molar-refractivity contribution >= 4 is 43.8 Å². The van der Waals surface area contributed by atoms with E-state index in [1.54, 1.807) is 30.5 Å². The number of nitrogens with zero attached hydrogens (tertiary/aromatic N) is 4. The third-order valence-electron chi connectivity index (χ3n) is 7.05. The zero-order valence-corrected chi connectivity index (χ0v) is 22.4. The molecule has 2 aliphatic heterocycles. The predicted octanol–water partition coefficient (Wildman–Crippen LogP) is 1.91. The summed E-state index contributed by atoms with van der Waals surface area (Å²) in [6.07, 6.45) is 4.38. The Morgan fingerprint density at radius 2 is 1.95 bits per heavy atom. The Hall–Kier alpha value is -4.23. The summed E-state index contributed by atoms with van der Waals surface area (Å²) < 4.78 is 32.6. The lowest BCUT2D eigenvalue weighted by molar-refractivity contribution is -0.138. The van der Waals surface area contributed by atoms with Crippen molar-refractivity contribution in [3.05, 3.63) is 66.6 Å². The minimum Gasteiger partial charge on any atom is -0.410 e. The summed E-state index contributed by atoms with van der Waals surface area (Å²) in [6.45, 7) is 1.43. The maximum atomic E-state index is 13.6. The number of hydrogen-bond donors (Lipinski definition) is 1. The van der Waals surface area contributed by atoms with Crippen LogP contribution < -0.4 is 10.1 Å². The summed E-state index contributed by atoms with van der Waals surface area (Å²) in [7, 11) is -4.53. The SMILES string of the molecule is CCCC(NC(=O)Oc1ccc2ncccc2c1)C(=O)N1CCC2C1C(=O)CN2S(=O)(=O)C(=O)c1cccnc1. The van der Waals surface area contributed by atoms with Gasteiger partial charge >= 0.3 is 6.09 Å². The van der Waals surface area contributed by atoms with Gasteiger partial charge in [0, 0.05) is 30.5 Å². The van der Waals surface area contributed by atoms with E-state index in [4.69, 9.17) is 4.74 Å². The molecule has 2 aliphatic rings. The van der Waals surface area contributed by atoms with E-state index in [1.165, 1.54) is 23.2 Å². The Morgan fingerprint density at radius 3 is 2.70 bits per heavy atom. The highest BCUT2D eigenvalue weighted by atomic mass is 32.2. The van der Waals surface area contributed by atoms with Gasteiger partial charge in [-0.05, 0) is 49.2 Å².